The van der Waals surface area contributed by atoms with E-state index in [0.29, 0.717) is 6.54 Å². The van der Waals surface area contributed by atoms with E-state index in [1.54, 1.807) is 16.8 Å². The van der Waals surface area contributed by atoms with Crippen LogP contribution in [0.5, 0.6) is 0 Å². The fourth-order valence-corrected chi connectivity index (χ4v) is 2.86. The van der Waals surface area contributed by atoms with Crippen molar-refractivity contribution in [1.29, 1.82) is 0 Å². The second-order valence-electron chi connectivity index (χ2n) is 6.36. The number of aryl methyl sites for hydroxylation is 1. The molecule has 0 atom stereocenters. The van der Waals surface area contributed by atoms with E-state index in [1.807, 2.05) is 32.4 Å². The molecule has 1 saturated carbocycles. The number of benzene rings is 1. The summed E-state index contributed by atoms with van der Waals surface area (Å²) in [4.78, 5) is 4.61. The maximum absolute atomic E-state index is 13.5. The molecule has 24 heavy (non-hydrogen) atoms. The number of aliphatic imine (C=N–C) groups is 1. The maximum atomic E-state index is 13.5. The Morgan fingerprint density at radius 1 is 1.38 bits per heavy atom. The van der Waals surface area contributed by atoms with Crippen molar-refractivity contribution < 1.29 is 4.39 Å². The zero-order valence-electron chi connectivity index (χ0n) is 14.2. The van der Waals surface area contributed by atoms with E-state index < -0.39 is 0 Å². The highest BCUT2D eigenvalue weighted by atomic mass is 19.1. The Balaban J connectivity index is 1.63. The second-order valence-corrected chi connectivity index (χ2v) is 6.36. The molecule has 0 amide bonds. The highest BCUT2D eigenvalue weighted by Gasteiger charge is 2.44. The summed E-state index contributed by atoms with van der Waals surface area (Å²) in [5, 5.41) is 10.8. The topological polar surface area (TPSA) is 54.2 Å². The summed E-state index contributed by atoms with van der Waals surface area (Å²) >= 11 is 0. The lowest BCUT2D eigenvalue weighted by molar-refractivity contribution is 0.607. The molecule has 1 aliphatic carbocycles. The number of guanidine groups is 1. The van der Waals surface area contributed by atoms with Gasteiger partial charge in [0.25, 0.3) is 0 Å². The standard InChI is InChI=1S/C18H24FN5/c1-3-20-17(21-10-14-11-23-24(2)12-14)22-13-18(7-8-18)15-5-4-6-16(19)9-15/h4-6,9,11-12H,3,7-8,10,13H2,1-2H3,(H2,20,21,22). The van der Waals surface area contributed by atoms with Gasteiger partial charge in [0.1, 0.15) is 5.82 Å². The van der Waals surface area contributed by atoms with Crippen molar-refractivity contribution >= 4 is 5.96 Å². The molecule has 2 N–H and O–H groups in total. The Hall–Kier alpha value is -2.37. The number of nitrogens with one attached hydrogen (secondary N) is 2. The monoisotopic (exact) mass is 329 g/mol. The maximum Gasteiger partial charge on any atom is 0.191 e. The molecule has 0 spiro atoms. The van der Waals surface area contributed by atoms with Crippen LogP contribution in [0.25, 0.3) is 0 Å². The lowest BCUT2D eigenvalue weighted by Crippen LogP contribution is -2.41. The molecular formula is C18H24FN5. The van der Waals surface area contributed by atoms with E-state index in [-0.39, 0.29) is 11.2 Å². The molecule has 6 heteroatoms. The zero-order valence-corrected chi connectivity index (χ0v) is 14.2. The third kappa shape index (κ3) is 3.93. The first-order valence-corrected chi connectivity index (χ1v) is 8.37. The van der Waals surface area contributed by atoms with Crippen LogP contribution in [0.15, 0.2) is 41.7 Å². The van der Waals surface area contributed by atoms with Crippen LogP contribution in [-0.4, -0.2) is 28.8 Å². The lowest BCUT2D eigenvalue weighted by atomic mass is 9.96. The average Bonchev–Trinajstić information content (AvgIpc) is 3.25. The Kier molecular flexibility index (Phi) is 4.83. The van der Waals surface area contributed by atoms with Gasteiger partial charge in [0.2, 0.25) is 0 Å². The van der Waals surface area contributed by atoms with Crippen LogP contribution in [0.2, 0.25) is 0 Å². The zero-order chi connectivity index (χ0) is 17.0. The van der Waals surface area contributed by atoms with Crippen LogP contribution >= 0.6 is 0 Å². The van der Waals surface area contributed by atoms with E-state index in [9.17, 15) is 4.39 Å². The van der Waals surface area contributed by atoms with Gasteiger partial charge >= 0.3 is 0 Å². The van der Waals surface area contributed by atoms with Crippen molar-refractivity contribution in [3.05, 3.63) is 53.6 Å². The Morgan fingerprint density at radius 3 is 2.83 bits per heavy atom. The largest absolute Gasteiger partial charge is 0.357 e. The van der Waals surface area contributed by atoms with Crippen LogP contribution < -0.4 is 10.6 Å². The van der Waals surface area contributed by atoms with Crippen molar-refractivity contribution in [2.24, 2.45) is 12.0 Å². The molecule has 1 aromatic heterocycles. The number of nitrogens with zero attached hydrogens (tertiary/aromatic N) is 3. The first kappa shape index (κ1) is 16.5. The molecule has 0 unspecified atom stereocenters. The van der Waals surface area contributed by atoms with Gasteiger partial charge in [-0.05, 0) is 37.5 Å². The summed E-state index contributed by atoms with van der Waals surface area (Å²) in [6, 6.07) is 6.94. The molecule has 1 heterocycles. The number of hydrogen-bond donors (Lipinski definition) is 2. The normalized spacial score (nSPS) is 16.0. The Labute approximate surface area is 142 Å². The van der Waals surface area contributed by atoms with Crippen LogP contribution in [0.1, 0.15) is 30.9 Å². The number of halogens is 1. The molecule has 5 nitrogen and oxygen atoms in total. The van der Waals surface area contributed by atoms with Crippen LogP contribution in [0, 0.1) is 5.82 Å². The van der Waals surface area contributed by atoms with Gasteiger partial charge < -0.3 is 10.6 Å². The molecular weight excluding hydrogens is 305 g/mol. The van der Waals surface area contributed by atoms with Gasteiger partial charge in [0, 0.05) is 37.3 Å². The highest BCUT2D eigenvalue weighted by molar-refractivity contribution is 5.80. The highest BCUT2D eigenvalue weighted by Crippen LogP contribution is 2.47. The molecule has 3 rings (SSSR count). The van der Waals surface area contributed by atoms with E-state index in [0.717, 1.165) is 43.0 Å². The fourth-order valence-electron chi connectivity index (χ4n) is 2.86. The van der Waals surface area contributed by atoms with Crippen LogP contribution in [0.4, 0.5) is 4.39 Å². The molecule has 1 aliphatic rings. The number of rotatable bonds is 6. The Morgan fingerprint density at radius 2 is 2.21 bits per heavy atom. The van der Waals surface area contributed by atoms with Crippen LogP contribution in [0.3, 0.4) is 0 Å². The quantitative estimate of drug-likeness (QED) is 0.632. The van der Waals surface area contributed by atoms with E-state index >= 15 is 0 Å². The Bertz CT molecular complexity index is 718. The fraction of sp³-hybridized carbons (Fsp3) is 0.444. The summed E-state index contributed by atoms with van der Waals surface area (Å²) < 4.78 is 15.3. The van der Waals surface area contributed by atoms with Crippen molar-refractivity contribution in [1.82, 2.24) is 20.4 Å². The van der Waals surface area contributed by atoms with Crippen molar-refractivity contribution in [3.8, 4) is 0 Å². The number of hydrogen-bond acceptors (Lipinski definition) is 2. The third-order valence-electron chi connectivity index (χ3n) is 4.41. The minimum Gasteiger partial charge on any atom is -0.357 e. The molecule has 1 aromatic carbocycles. The van der Waals surface area contributed by atoms with Crippen molar-refractivity contribution in [2.75, 3.05) is 13.1 Å². The molecule has 0 radical (unpaired) electrons. The summed E-state index contributed by atoms with van der Waals surface area (Å²) in [5.74, 6) is 0.611. The first-order chi connectivity index (χ1) is 11.6. The molecule has 1 fully saturated rings. The summed E-state index contributed by atoms with van der Waals surface area (Å²) in [7, 11) is 1.90. The van der Waals surface area contributed by atoms with Gasteiger partial charge in [-0.3, -0.25) is 4.68 Å². The van der Waals surface area contributed by atoms with Gasteiger partial charge in [-0.25, -0.2) is 9.38 Å². The number of aromatic nitrogens is 2. The van der Waals surface area contributed by atoms with E-state index in [2.05, 4.69) is 20.7 Å². The van der Waals surface area contributed by atoms with Gasteiger partial charge in [-0.2, -0.15) is 5.10 Å². The minimum absolute atomic E-state index is 0.0343. The molecule has 0 bridgehead atoms. The molecule has 128 valence electrons. The first-order valence-electron chi connectivity index (χ1n) is 8.37. The predicted molar refractivity (Wildman–Crippen MR) is 93.3 cm³/mol. The second kappa shape index (κ2) is 7.03. The minimum atomic E-state index is -0.170. The molecule has 2 aromatic rings. The van der Waals surface area contributed by atoms with Gasteiger partial charge in [0.15, 0.2) is 5.96 Å². The predicted octanol–water partition coefficient (Wildman–Crippen LogP) is 2.35. The van der Waals surface area contributed by atoms with Crippen molar-refractivity contribution in [2.45, 2.75) is 31.7 Å². The molecule has 0 saturated heterocycles. The summed E-state index contributed by atoms with van der Waals surface area (Å²) in [6.07, 6.45) is 5.93. The average molecular weight is 329 g/mol. The van der Waals surface area contributed by atoms with Crippen molar-refractivity contribution in [3.63, 3.8) is 0 Å². The third-order valence-corrected chi connectivity index (χ3v) is 4.41. The molecule has 0 aliphatic heterocycles. The van der Waals surface area contributed by atoms with E-state index in [4.69, 9.17) is 0 Å². The summed E-state index contributed by atoms with van der Waals surface area (Å²) in [5.41, 5.74) is 2.17. The smallest absolute Gasteiger partial charge is 0.191 e. The SMILES string of the molecule is CCNC(=NCc1cnn(C)c1)NCC1(c2cccc(F)c2)CC1. The lowest BCUT2D eigenvalue weighted by Gasteiger charge is -2.19. The van der Waals surface area contributed by atoms with Gasteiger partial charge in [-0.15, -0.1) is 0 Å². The van der Waals surface area contributed by atoms with Gasteiger partial charge in [0.05, 0.1) is 12.7 Å². The van der Waals surface area contributed by atoms with E-state index in [1.165, 1.54) is 6.07 Å². The van der Waals surface area contributed by atoms with Gasteiger partial charge in [-0.1, -0.05) is 12.1 Å². The van der Waals surface area contributed by atoms with Crippen LogP contribution in [-0.2, 0) is 19.0 Å². The summed E-state index contributed by atoms with van der Waals surface area (Å²) in [6.45, 7) is 4.18.